The van der Waals surface area contributed by atoms with Crippen LogP contribution in [-0.4, -0.2) is 31.0 Å². The molecule has 5 heteroatoms. The maximum atomic E-state index is 13.4. The van der Waals surface area contributed by atoms with Crippen molar-refractivity contribution in [1.29, 1.82) is 0 Å². The van der Waals surface area contributed by atoms with Gasteiger partial charge < -0.3 is 9.64 Å². The zero-order valence-corrected chi connectivity index (χ0v) is 12.7. The summed E-state index contributed by atoms with van der Waals surface area (Å²) in [6.07, 6.45) is 2.90. The molecule has 0 N–H and O–H groups in total. The van der Waals surface area contributed by atoms with E-state index in [1.807, 2.05) is 0 Å². The number of halogens is 2. The van der Waals surface area contributed by atoms with Gasteiger partial charge in [-0.1, -0.05) is 24.3 Å². The van der Waals surface area contributed by atoms with Crippen LogP contribution in [0, 0.1) is 11.6 Å². The molecule has 3 nitrogen and oxygen atoms in total. The fourth-order valence-electron chi connectivity index (χ4n) is 1.87. The van der Waals surface area contributed by atoms with E-state index in [9.17, 15) is 13.6 Å². The molecule has 0 heterocycles. The molecule has 120 valence electrons. The van der Waals surface area contributed by atoms with Crippen LogP contribution in [0.2, 0.25) is 0 Å². The van der Waals surface area contributed by atoms with Gasteiger partial charge in [0.05, 0.1) is 6.54 Å². The smallest absolute Gasteiger partial charge is 0.246 e. The Balaban J connectivity index is 1.82. The number of rotatable bonds is 6. The highest BCUT2D eigenvalue weighted by Crippen LogP contribution is 2.15. The molecule has 1 amide bonds. The molecule has 0 fully saturated rings. The summed E-state index contributed by atoms with van der Waals surface area (Å²) in [5.41, 5.74) is 0.606. The molecule has 2 rings (SSSR count). The molecular weight excluding hydrogens is 300 g/mol. The predicted octanol–water partition coefficient (Wildman–Crippen LogP) is 3.52. The molecular formula is C18H17F2NO2. The first-order valence-electron chi connectivity index (χ1n) is 7.12. The number of nitrogens with zero attached hydrogens (tertiary/aromatic N) is 1. The first-order valence-corrected chi connectivity index (χ1v) is 7.12. The Kier molecular flexibility index (Phi) is 5.86. The fourth-order valence-corrected chi connectivity index (χ4v) is 1.87. The van der Waals surface area contributed by atoms with Crippen LogP contribution < -0.4 is 4.74 Å². The highest BCUT2D eigenvalue weighted by Gasteiger charge is 2.06. The number of amides is 1. The largest absolute Gasteiger partial charge is 0.489 e. The molecule has 0 atom stereocenters. The van der Waals surface area contributed by atoms with Crippen LogP contribution in [0.5, 0.6) is 5.75 Å². The standard InChI is InChI=1S/C18H17F2NO2/c1-21(11-12-23-17-8-3-2-7-16(17)20)18(22)10-9-14-5-4-6-15(19)13-14/h2-10,13H,11-12H2,1H3/b10-9+. The second-order valence-corrected chi connectivity index (χ2v) is 4.93. The molecule has 0 spiro atoms. The number of para-hydroxylation sites is 1. The lowest BCUT2D eigenvalue weighted by atomic mass is 10.2. The Morgan fingerprint density at radius 3 is 2.70 bits per heavy atom. The maximum absolute atomic E-state index is 13.4. The zero-order valence-electron chi connectivity index (χ0n) is 12.7. The molecule has 0 aliphatic carbocycles. The quantitative estimate of drug-likeness (QED) is 0.763. The van der Waals surface area contributed by atoms with Crippen molar-refractivity contribution >= 4 is 12.0 Å². The van der Waals surface area contributed by atoms with E-state index in [1.165, 1.54) is 35.2 Å². The third-order valence-electron chi connectivity index (χ3n) is 3.16. The highest BCUT2D eigenvalue weighted by molar-refractivity contribution is 5.91. The Morgan fingerprint density at radius 2 is 1.96 bits per heavy atom. The average molecular weight is 317 g/mol. The van der Waals surface area contributed by atoms with Crippen LogP contribution in [0.4, 0.5) is 8.78 Å². The fraction of sp³-hybridized carbons (Fsp3) is 0.167. The second-order valence-electron chi connectivity index (χ2n) is 4.93. The molecule has 23 heavy (non-hydrogen) atoms. The van der Waals surface area contributed by atoms with Gasteiger partial charge in [-0.25, -0.2) is 8.78 Å². The van der Waals surface area contributed by atoms with Gasteiger partial charge in [-0.05, 0) is 35.9 Å². The van der Waals surface area contributed by atoms with Crippen LogP contribution in [0.25, 0.3) is 6.08 Å². The first kappa shape index (κ1) is 16.7. The average Bonchev–Trinajstić information content (AvgIpc) is 2.54. The van der Waals surface area contributed by atoms with Crippen LogP contribution in [-0.2, 0) is 4.79 Å². The van der Waals surface area contributed by atoms with Gasteiger partial charge in [-0.3, -0.25) is 4.79 Å². The van der Waals surface area contributed by atoms with Gasteiger partial charge in [0.25, 0.3) is 0 Å². The van der Waals surface area contributed by atoms with Gasteiger partial charge in [0.1, 0.15) is 12.4 Å². The third kappa shape index (κ3) is 5.21. The van der Waals surface area contributed by atoms with Crippen molar-refractivity contribution in [2.45, 2.75) is 0 Å². The molecule has 0 aliphatic rings. The van der Waals surface area contributed by atoms with Crippen LogP contribution in [0.1, 0.15) is 5.56 Å². The summed E-state index contributed by atoms with van der Waals surface area (Å²) < 4.78 is 31.7. The first-order chi connectivity index (χ1) is 11.1. The van der Waals surface area contributed by atoms with Gasteiger partial charge >= 0.3 is 0 Å². The summed E-state index contributed by atoms with van der Waals surface area (Å²) in [6, 6.07) is 12.0. The number of carbonyl (C=O) groups is 1. The zero-order chi connectivity index (χ0) is 16.7. The van der Waals surface area contributed by atoms with Gasteiger partial charge in [-0.2, -0.15) is 0 Å². The predicted molar refractivity (Wildman–Crippen MR) is 85.0 cm³/mol. The topological polar surface area (TPSA) is 29.5 Å². The van der Waals surface area contributed by atoms with E-state index in [-0.39, 0.29) is 24.1 Å². The van der Waals surface area contributed by atoms with Crippen LogP contribution in [0.3, 0.4) is 0 Å². The molecule has 2 aromatic carbocycles. The lowest BCUT2D eigenvalue weighted by molar-refractivity contribution is -0.125. The van der Waals surface area contributed by atoms with Crippen molar-refractivity contribution in [2.75, 3.05) is 20.2 Å². The van der Waals surface area contributed by atoms with E-state index < -0.39 is 5.82 Å². The summed E-state index contributed by atoms with van der Waals surface area (Å²) in [6.45, 7) is 0.484. The Bertz CT molecular complexity index is 701. The van der Waals surface area contributed by atoms with Crippen LogP contribution >= 0.6 is 0 Å². The number of hydrogen-bond donors (Lipinski definition) is 0. The van der Waals surface area contributed by atoms with E-state index >= 15 is 0 Å². The minimum Gasteiger partial charge on any atom is -0.489 e. The van der Waals surface area contributed by atoms with Crippen molar-refractivity contribution in [3.63, 3.8) is 0 Å². The van der Waals surface area contributed by atoms with Gasteiger partial charge in [0, 0.05) is 13.1 Å². The van der Waals surface area contributed by atoms with Crippen molar-refractivity contribution in [1.82, 2.24) is 4.90 Å². The lowest BCUT2D eigenvalue weighted by Crippen LogP contribution is -2.29. The van der Waals surface area contributed by atoms with E-state index in [0.717, 1.165) is 0 Å². The molecule has 0 aliphatic heterocycles. The summed E-state index contributed by atoms with van der Waals surface area (Å²) >= 11 is 0. The van der Waals surface area contributed by atoms with E-state index in [2.05, 4.69) is 0 Å². The summed E-state index contributed by atoms with van der Waals surface area (Å²) in [5.74, 6) is -0.881. The van der Waals surface area contributed by atoms with Gasteiger partial charge in [0.15, 0.2) is 11.6 Å². The number of hydrogen-bond acceptors (Lipinski definition) is 2. The molecule has 0 saturated heterocycles. The summed E-state index contributed by atoms with van der Waals surface area (Å²) in [7, 11) is 1.61. The van der Waals surface area contributed by atoms with Gasteiger partial charge in [0.2, 0.25) is 5.91 Å². The molecule has 0 aromatic heterocycles. The minimum absolute atomic E-state index is 0.156. The number of likely N-dealkylation sites (N-methyl/N-ethyl adjacent to an activating group) is 1. The van der Waals surface area contributed by atoms with E-state index in [1.54, 1.807) is 37.4 Å². The molecule has 0 unspecified atom stereocenters. The SMILES string of the molecule is CN(CCOc1ccccc1F)C(=O)/C=C/c1cccc(F)c1. The second kappa shape index (κ2) is 8.08. The molecule has 0 bridgehead atoms. The monoisotopic (exact) mass is 317 g/mol. The summed E-state index contributed by atoms with van der Waals surface area (Å²) in [4.78, 5) is 13.4. The van der Waals surface area contributed by atoms with Crippen LogP contribution in [0.15, 0.2) is 54.6 Å². The maximum Gasteiger partial charge on any atom is 0.246 e. The Morgan fingerprint density at radius 1 is 1.17 bits per heavy atom. The Labute approximate surface area is 133 Å². The van der Waals surface area contributed by atoms with E-state index in [4.69, 9.17) is 4.74 Å². The number of ether oxygens (including phenoxy) is 1. The van der Waals surface area contributed by atoms with Crippen molar-refractivity contribution in [2.24, 2.45) is 0 Å². The van der Waals surface area contributed by atoms with Crippen molar-refractivity contribution in [3.8, 4) is 5.75 Å². The Hall–Kier alpha value is -2.69. The highest BCUT2D eigenvalue weighted by atomic mass is 19.1. The molecule has 0 radical (unpaired) electrons. The normalized spacial score (nSPS) is 10.7. The molecule has 0 saturated carbocycles. The van der Waals surface area contributed by atoms with E-state index in [0.29, 0.717) is 12.1 Å². The number of benzene rings is 2. The number of carbonyl (C=O) groups excluding carboxylic acids is 1. The van der Waals surface area contributed by atoms with Crippen molar-refractivity contribution < 1.29 is 18.3 Å². The lowest BCUT2D eigenvalue weighted by Gasteiger charge is -2.15. The third-order valence-corrected chi connectivity index (χ3v) is 3.16. The minimum atomic E-state index is -0.438. The molecule has 2 aromatic rings. The van der Waals surface area contributed by atoms with Gasteiger partial charge in [-0.15, -0.1) is 0 Å². The summed E-state index contributed by atoms with van der Waals surface area (Å²) in [5, 5.41) is 0. The van der Waals surface area contributed by atoms with Crippen molar-refractivity contribution in [3.05, 3.63) is 71.8 Å².